The first-order chi connectivity index (χ1) is 10.5. The van der Waals surface area contributed by atoms with E-state index < -0.39 is 0 Å². The Bertz CT molecular complexity index is 513. The van der Waals surface area contributed by atoms with Crippen molar-refractivity contribution in [2.45, 2.75) is 45.3 Å². The Morgan fingerprint density at radius 3 is 2.30 bits per heavy atom. The van der Waals surface area contributed by atoms with Crippen molar-refractivity contribution in [2.75, 3.05) is 28.2 Å². The first-order valence-corrected chi connectivity index (χ1v) is 8.12. The van der Waals surface area contributed by atoms with Gasteiger partial charge in [-0.2, -0.15) is 0 Å². The van der Waals surface area contributed by atoms with Gasteiger partial charge < -0.3 is 14.5 Å². The Morgan fingerprint density at radius 1 is 1.13 bits per heavy atom. The average Bonchev–Trinajstić information content (AvgIpc) is 2.93. The number of ether oxygens (including phenoxy) is 1. The molecule has 0 spiro atoms. The third-order valence-corrected chi connectivity index (χ3v) is 4.01. The van der Waals surface area contributed by atoms with Crippen LogP contribution in [0.5, 0.6) is 5.75 Å². The van der Waals surface area contributed by atoms with Gasteiger partial charge in [-0.1, -0.05) is 12.1 Å². The lowest BCUT2D eigenvalue weighted by Crippen LogP contribution is -2.35. The summed E-state index contributed by atoms with van der Waals surface area (Å²) < 4.78 is 6.24. The summed E-state index contributed by atoms with van der Waals surface area (Å²) in [6.45, 7) is 2.76. The van der Waals surface area contributed by atoms with Crippen LogP contribution in [0.4, 0.5) is 0 Å². The van der Waals surface area contributed by atoms with E-state index in [4.69, 9.17) is 9.73 Å². The minimum Gasteiger partial charge on any atom is -0.490 e. The fourth-order valence-electron chi connectivity index (χ4n) is 2.93. The molecule has 1 saturated carbocycles. The quantitative estimate of drug-likeness (QED) is 0.411. The summed E-state index contributed by atoms with van der Waals surface area (Å²) >= 11 is 0. The molecule has 0 radical (unpaired) electrons. The standard InChI is InChI=1S/C18H29N3O.HI/c1-14-10-11-15(13-19-18(20(2)3)21(4)5)17(12-14)22-16-8-6-7-9-16;/h10-12,16H,6-9,13H2,1-5H3;1H. The van der Waals surface area contributed by atoms with E-state index in [1.54, 1.807) is 0 Å². The molecule has 1 fully saturated rings. The minimum absolute atomic E-state index is 0. The zero-order chi connectivity index (χ0) is 16.1. The molecule has 1 aromatic carbocycles. The normalized spacial score (nSPS) is 14.1. The first-order valence-electron chi connectivity index (χ1n) is 8.12. The van der Waals surface area contributed by atoms with Crippen molar-refractivity contribution in [3.63, 3.8) is 0 Å². The average molecular weight is 431 g/mol. The number of hydrogen-bond donors (Lipinski definition) is 0. The molecule has 0 aliphatic heterocycles. The second kappa shape index (κ2) is 9.35. The zero-order valence-electron chi connectivity index (χ0n) is 15.0. The van der Waals surface area contributed by atoms with Crippen LogP contribution >= 0.6 is 24.0 Å². The molecule has 0 amide bonds. The van der Waals surface area contributed by atoms with Crippen molar-refractivity contribution >= 4 is 29.9 Å². The summed E-state index contributed by atoms with van der Waals surface area (Å²) in [4.78, 5) is 8.81. The molecule has 23 heavy (non-hydrogen) atoms. The molecule has 0 unspecified atom stereocenters. The molecule has 0 N–H and O–H groups in total. The molecule has 4 nitrogen and oxygen atoms in total. The number of nitrogens with zero attached hydrogens (tertiary/aromatic N) is 3. The Morgan fingerprint density at radius 2 is 1.74 bits per heavy atom. The zero-order valence-corrected chi connectivity index (χ0v) is 17.3. The molecule has 0 heterocycles. The maximum Gasteiger partial charge on any atom is 0.195 e. The Balaban J connectivity index is 0.00000264. The number of halogens is 1. The van der Waals surface area contributed by atoms with Gasteiger partial charge in [-0.3, -0.25) is 0 Å². The third kappa shape index (κ3) is 5.86. The Labute approximate surface area is 157 Å². The van der Waals surface area contributed by atoms with Crippen LogP contribution in [0.15, 0.2) is 23.2 Å². The Hall–Kier alpha value is -0.980. The number of guanidine groups is 1. The number of aliphatic imine (C=N–C) groups is 1. The molecule has 1 aliphatic rings. The van der Waals surface area contributed by atoms with Crippen molar-refractivity contribution in [3.05, 3.63) is 29.3 Å². The van der Waals surface area contributed by atoms with Gasteiger partial charge >= 0.3 is 0 Å². The molecule has 0 saturated heterocycles. The lowest BCUT2D eigenvalue weighted by Gasteiger charge is -2.23. The largest absolute Gasteiger partial charge is 0.490 e. The van der Waals surface area contributed by atoms with Gasteiger partial charge in [-0.05, 0) is 44.2 Å². The maximum atomic E-state index is 6.24. The van der Waals surface area contributed by atoms with E-state index >= 15 is 0 Å². The maximum absolute atomic E-state index is 6.24. The van der Waals surface area contributed by atoms with E-state index in [0.29, 0.717) is 12.6 Å². The van der Waals surface area contributed by atoms with Gasteiger partial charge in [-0.25, -0.2) is 4.99 Å². The number of rotatable bonds is 4. The summed E-state index contributed by atoms with van der Waals surface area (Å²) in [5, 5.41) is 0. The molecular formula is C18H30IN3O. The van der Waals surface area contributed by atoms with Crippen LogP contribution in [0.2, 0.25) is 0 Å². The number of aryl methyl sites for hydroxylation is 1. The minimum atomic E-state index is 0. The van der Waals surface area contributed by atoms with Gasteiger partial charge in [0.05, 0.1) is 12.6 Å². The Kier molecular flexibility index (Phi) is 8.16. The van der Waals surface area contributed by atoms with Crippen molar-refractivity contribution in [1.29, 1.82) is 0 Å². The van der Waals surface area contributed by atoms with Gasteiger partial charge in [-0.15, -0.1) is 24.0 Å². The smallest absolute Gasteiger partial charge is 0.195 e. The summed E-state index contributed by atoms with van der Waals surface area (Å²) in [7, 11) is 8.07. The molecular weight excluding hydrogens is 401 g/mol. The topological polar surface area (TPSA) is 28.1 Å². The van der Waals surface area contributed by atoms with Crippen molar-refractivity contribution in [1.82, 2.24) is 9.80 Å². The van der Waals surface area contributed by atoms with Gasteiger partial charge in [0.25, 0.3) is 0 Å². The van der Waals surface area contributed by atoms with Crippen molar-refractivity contribution in [3.8, 4) is 5.75 Å². The molecule has 5 heteroatoms. The van der Waals surface area contributed by atoms with E-state index in [0.717, 1.165) is 11.7 Å². The van der Waals surface area contributed by atoms with E-state index in [-0.39, 0.29) is 24.0 Å². The summed E-state index contributed by atoms with van der Waals surface area (Å²) in [6.07, 6.45) is 5.31. The van der Waals surface area contributed by atoms with Crippen LogP contribution in [0.25, 0.3) is 0 Å². The monoisotopic (exact) mass is 431 g/mol. The molecule has 0 bridgehead atoms. The van der Waals surface area contributed by atoms with Crippen molar-refractivity contribution < 1.29 is 4.74 Å². The number of hydrogen-bond acceptors (Lipinski definition) is 2. The van der Waals surface area contributed by atoms with Crippen LogP contribution in [0.3, 0.4) is 0 Å². The van der Waals surface area contributed by atoms with Gasteiger partial charge in [0.2, 0.25) is 0 Å². The fourth-order valence-corrected chi connectivity index (χ4v) is 2.93. The van der Waals surface area contributed by atoms with Crippen LogP contribution in [0, 0.1) is 6.92 Å². The van der Waals surface area contributed by atoms with Gasteiger partial charge in [0.15, 0.2) is 5.96 Å². The van der Waals surface area contributed by atoms with E-state index in [2.05, 4.69) is 25.1 Å². The van der Waals surface area contributed by atoms with Crippen molar-refractivity contribution in [2.24, 2.45) is 4.99 Å². The lowest BCUT2D eigenvalue weighted by atomic mass is 10.1. The van der Waals surface area contributed by atoms with E-state index in [1.807, 2.05) is 38.0 Å². The molecule has 130 valence electrons. The predicted octanol–water partition coefficient (Wildman–Crippen LogP) is 3.91. The predicted molar refractivity (Wildman–Crippen MR) is 108 cm³/mol. The second-order valence-electron chi connectivity index (χ2n) is 6.54. The van der Waals surface area contributed by atoms with Gasteiger partial charge in [0, 0.05) is 33.8 Å². The van der Waals surface area contributed by atoms with Crippen LogP contribution in [-0.2, 0) is 6.54 Å². The first kappa shape index (κ1) is 20.1. The van der Waals surface area contributed by atoms with Crippen LogP contribution in [-0.4, -0.2) is 50.1 Å². The molecule has 1 aliphatic carbocycles. The molecule has 0 atom stereocenters. The van der Waals surface area contributed by atoms with E-state index in [1.165, 1.54) is 36.8 Å². The fraction of sp³-hybridized carbons (Fsp3) is 0.611. The molecule has 0 aromatic heterocycles. The second-order valence-corrected chi connectivity index (χ2v) is 6.54. The van der Waals surface area contributed by atoms with Gasteiger partial charge in [0.1, 0.15) is 5.75 Å². The highest BCUT2D eigenvalue weighted by atomic mass is 127. The third-order valence-electron chi connectivity index (χ3n) is 4.01. The highest BCUT2D eigenvalue weighted by Crippen LogP contribution is 2.28. The highest BCUT2D eigenvalue weighted by molar-refractivity contribution is 14.0. The van der Waals surface area contributed by atoms with Crippen LogP contribution in [0.1, 0.15) is 36.8 Å². The summed E-state index contributed by atoms with van der Waals surface area (Å²) in [5.74, 6) is 1.97. The molecule has 2 rings (SSSR count). The summed E-state index contributed by atoms with van der Waals surface area (Å²) in [6, 6.07) is 6.43. The number of benzene rings is 1. The SMILES string of the molecule is Cc1ccc(CN=C(N(C)C)N(C)C)c(OC2CCCC2)c1.I. The highest BCUT2D eigenvalue weighted by Gasteiger charge is 2.18. The lowest BCUT2D eigenvalue weighted by molar-refractivity contribution is 0.208. The van der Waals surface area contributed by atoms with Crippen LogP contribution < -0.4 is 4.74 Å². The molecule has 1 aromatic rings. The van der Waals surface area contributed by atoms with E-state index in [9.17, 15) is 0 Å². The summed E-state index contributed by atoms with van der Waals surface area (Å²) in [5.41, 5.74) is 2.40.